The maximum atomic E-state index is 15.3. The van der Waals surface area contributed by atoms with Gasteiger partial charge in [0.1, 0.15) is 5.60 Å². The number of benzene rings is 3. The Morgan fingerprint density at radius 3 is 2.45 bits per heavy atom. The third-order valence-corrected chi connectivity index (χ3v) is 8.33. The van der Waals surface area contributed by atoms with Crippen molar-refractivity contribution in [3.05, 3.63) is 108 Å². The van der Waals surface area contributed by atoms with Gasteiger partial charge in [-0.2, -0.15) is 0 Å². The van der Waals surface area contributed by atoms with Crippen LogP contribution in [-0.4, -0.2) is 54.3 Å². The lowest BCUT2D eigenvalue weighted by atomic mass is 9.80. The number of carbonyl (C=O) groups is 2. The number of esters is 1. The van der Waals surface area contributed by atoms with Gasteiger partial charge < -0.3 is 19.3 Å². The topological polar surface area (TPSA) is 72.0 Å². The number of hydrogen-bond acceptors (Lipinski definition) is 6. The fourth-order valence-electron chi connectivity index (χ4n) is 6.13. The van der Waals surface area contributed by atoms with Gasteiger partial charge in [0, 0.05) is 31.7 Å². The van der Waals surface area contributed by atoms with Gasteiger partial charge in [-0.3, -0.25) is 0 Å². The number of fused-ring (bicyclic) bond motifs is 1. The van der Waals surface area contributed by atoms with Crippen LogP contribution in [0.25, 0.3) is 10.8 Å². The molecule has 3 aromatic carbocycles. The zero-order valence-electron chi connectivity index (χ0n) is 26.0. The van der Waals surface area contributed by atoms with Gasteiger partial charge >= 0.3 is 12.1 Å². The van der Waals surface area contributed by atoms with E-state index in [1.807, 2.05) is 67.0 Å². The number of rotatable bonds is 7. The highest BCUT2D eigenvalue weighted by Crippen LogP contribution is 2.38. The third kappa shape index (κ3) is 6.85. The SMILES string of the molecule is COC(=O)c1cnc(N2CCC(CN(C(=O)OC(C)(C)C)[C@H](C)c3cccc4ccccc34)C(c3ccccc3)C2)c(F)c1. The predicted octanol–water partition coefficient (Wildman–Crippen LogP) is 7.77. The number of nitrogens with zero attached hydrogens (tertiary/aromatic N) is 3. The predicted molar refractivity (Wildman–Crippen MR) is 170 cm³/mol. The molecule has 1 saturated heterocycles. The molecule has 5 rings (SSSR count). The molecule has 44 heavy (non-hydrogen) atoms. The first kappa shape index (κ1) is 31.0. The Morgan fingerprint density at radius 1 is 1.05 bits per heavy atom. The van der Waals surface area contributed by atoms with Gasteiger partial charge in [-0.25, -0.2) is 19.0 Å². The summed E-state index contributed by atoms with van der Waals surface area (Å²) in [7, 11) is 1.26. The highest BCUT2D eigenvalue weighted by Gasteiger charge is 2.37. The van der Waals surface area contributed by atoms with Crippen molar-refractivity contribution in [3.63, 3.8) is 0 Å². The van der Waals surface area contributed by atoms with Crippen molar-refractivity contribution in [2.75, 3.05) is 31.6 Å². The van der Waals surface area contributed by atoms with Crippen LogP contribution in [0.1, 0.15) is 67.6 Å². The van der Waals surface area contributed by atoms with Crippen LogP contribution in [0.2, 0.25) is 0 Å². The number of amides is 1. The third-order valence-electron chi connectivity index (χ3n) is 8.33. The van der Waals surface area contributed by atoms with Crippen molar-refractivity contribution in [1.82, 2.24) is 9.88 Å². The number of hydrogen-bond donors (Lipinski definition) is 0. The fraction of sp³-hybridized carbons (Fsp3) is 0.361. The van der Waals surface area contributed by atoms with Crippen molar-refractivity contribution in [3.8, 4) is 0 Å². The molecule has 2 heterocycles. The van der Waals surface area contributed by atoms with Crippen molar-refractivity contribution >= 4 is 28.7 Å². The van der Waals surface area contributed by atoms with E-state index in [2.05, 4.69) is 48.3 Å². The Bertz CT molecular complexity index is 1620. The minimum Gasteiger partial charge on any atom is -0.465 e. The number of carbonyl (C=O) groups excluding carboxylic acids is 2. The Balaban J connectivity index is 1.48. The highest BCUT2D eigenvalue weighted by molar-refractivity contribution is 5.89. The van der Waals surface area contributed by atoms with E-state index in [9.17, 15) is 9.59 Å². The molecule has 4 aromatic rings. The van der Waals surface area contributed by atoms with E-state index in [4.69, 9.17) is 9.47 Å². The number of anilines is 1. The average Bonchev–Trinajstić information content (AvgIpc) is 3.02. The van der Waals surface area contributed by atoms with Crippen molar-refractivity contribution in [2.45, 2.75) is 51.7 Å². The highest BCUT2D eigenvalue weighted by atomic mass is 19.1. The van der Waals surface area contributed by atoms with Crippen LogP contribution >= 0.6 is 0 Å². The Morgan fingerprint density at radius 2 is 1.75 bits per heavy atom. The summed E-state index contributed by atoms with van der Waals surface area (Å²) < 4.78 is 26.0. The number of methoxy groups -OCH3 is 1. The molecule has 0 bridgehead atoms. The molecule has 0 saturated carbocycles. The summed E-state index contributed by atoms with van der Waals surface area (Å²) in [5.74, 6) is -0.957. The van der Waals surface area contributed by atoms with E-state index in [0.717, 1.165) is 21.9 Å². The van der Waals surface area contributed by atoms with E-state index in [1.54, 1.807) is 0 Å². The largest absolute Gasteiger partial charge is 0.465 e. The van der Waals surface area contributed by atoms with E-state index in [1.165, 1.54) is 19.4 Å². The van der Waals surface area contributed by atoms with Crippen LogP contribution < -0.4 is 4.90 Å². The summed E-state index contributed by atoms with van der Waals surface area (Å²) in [5.41, 5.74) is 1.57. The van der Waals surface area contributed by atoms with Gasteiger partial charge in [-0.05, 0) is 68.0 Å². The van der Waals surface area contributed by atoms with E-state index >= 15 is 4.39 Å². The lowest BCUT2D eigenvalue weighted by Gasteiger charge is -2.43. The molecule has 1 aliphatic heterocycles. The second-order valence-corrected chi connectivity index (χ2v) is 12.4. The van der Waals surface area contributed by atoms with Gasteiger partial charge in [-0.15, -0.1) is 0 Å². The van der Waals surface area contributed by atoms with E-state index in [-0.39, 0.29) is 35.4 Å². The molecule has 0 aliphatic carbocycles. The molecule has 3 atom stereocenters. The van der Waals surface area contributed by atoms with Gasteiger partial charge in [0.2, 0.25) is 0 Å². The molecule has 8 heteroatoms. The fourth-order valence-corrected chi connectivity index (χ4v) is 6.13. The molecule has 0 radical (unpaired) electrons. The molecule has 7 nitrogen and oxygen atoms in total. The molecular formula is C36H40FN3O4. The maximum absolute atomic E-state index is 15.3. The van der Waals surface area contributed by atoms with E-state index in [0.29, 0.717) is 26.1 Å². The number of aromatic nitrogens is 1. The molecule has 1 aromatic heterocycles. The molecule has 0 spiro atoms. The van der Waals surface area contributed by atoms with Crippen LogP contribution in [0, 0.1) is 11.7 Å². The second kappa shape index (κ2) is 13.0. The number of ether oxygens (including phenoxy) is 2. The lowest BCUT2D eigenvalue weighted by molar-refractivity contribution is 0.0120. The first-order chi connectivity index (χ1) is 21.1. The van der Waals surface area contributed by atoms with Crippen LogP contribution in [0.3, 0.4) is 0 Å². The van der Waals surface area contributed by atoms with E-state index < -0.39 is 17.4 Å². The zero-order chi connectivity index (χ0) is 31.4. The van der Waals surface area contributed by atoms with Crippen molar-refractivity contribution in [2.24, 2.45) is 5.92 Å². The summed E-state index contributed by atoms with van der Waals surface area (Å²) in [6.45, 7) is 9.20. The average molecular weight is 598 g/mol. The molecule has 1 fully saturated rings. The lowest BCUT2D eigenvalue weighted by Crippen LogP contribution is -2.47. The van der Waals surface area contributed by atoms with Crippen molar-refractivity contribution < 1.29 is 23.5 Å². The molecule has 0 N–H and O–H groups in total. The van der Waals surface area contributed by atoms with Gasteiger partial charge in [0.05, 0.1) is 18.7 Å². The van der Waals surface area contributed by atoms with Crippen molar-refractivity contribution in [1.29, 1.82) is 0 Å². The first-order valence-corrected chi connectivity index (χ1v) is 15.1. The number of piperidine rings is 1. The summed E-state index contributed by atoms with van der Waals surface area (Å²) in [4.78, 5) is 33.9. The number of pyridine rings is 1. The standard InChI is InChI=1S/C36H40FN3O4/c1-24(29-17-11-15-25-14-9-10-16-30(25)29)40(35(42)44-36(2,3)4)22-27-18-19-39(23-31(27)26-12-7-6-8-13-26)33-32(37)20-28(21-38-33)34(41)43-5/h6-17,20-21,24,27,31H,18-19,22-23H2,1-5H3/t24-,27?,31?/m1/s1. The molecular weight excluding hydrogens is 557 g/mol. The zero-order valence-corrected chi connectivity index (χ0v) is 26.0. The minimum absolute atomic E-state index is 0.0175. The van der Waals surface area contributed by atoms with Crippen LogP contribution in [0.4, 0.5) is 15.0 Å². The summed E-state index contributed by atoms with van der Waals surface area (Å²) in [5, 5.41) is 2.21. The summed E-state index contributed by atoms with van der Waals surface area (Å²) in [6.07, 6.45) is 1.68. The Kier molecular flexibility index (Phi) is 9.18. The monoisotopic (exact) mass is 597 g/mol. The van der Waals surface area contributed by atoms with Gasteiger partial charge in [0.25, 0.3) is 0 Å². The summed E-state index contributed by atoms with van der Waals surface area (Å²) >= 11 is 0. The quantitative estimate of drug-likeness (QED) is 0.203. The first-order valence-electron chi connectivity index (χ1n) is 15.1. The minimum atomic E-state index is -0.657. The Labute approximate surface area is 258 Å². The second-order valence-electron chi connectivity index (χ2n) is 12.4. The van der Waals surface area contributed by atoms with Gasteiger partial charge in [-0.1, -0.05) is 72.8 Å². The normalized spacial score (nSPS) is 17.6. The van der Waals surface area contributed by atoms with Crippen LogP contribution in [-0.2, 0) is 9.47 Å². The smallest absolute Gasteiger partial charge is 0.410 e. The summed E-state index contributed by atoms with van der Waals surface area (Å²) in [6, 6.07) is 25.4. The molecule has 230 valence electrons. The van der Waals surface area contributed by atoms with Crippen LogP contribution in [0.5, 0.6) is 0 Å². The van der Waals surface area contributed by atoms with Crippen LogP contribution in [0.15, 0.2) is 85.1 Å². The van der Waals surface area contributed by atoms with Gasteiger partial charge in [0.15, 0.2) is 11.6 Å². The molecule has 1 aliphatic rings. The molecule has 2 unspecified atom stereocenters. The maximum Gasteiger partial charge on any atom is 0.410 e. The molecule has 1 amide bonds. The number of halogens is 1. The Hall–Kier alpha value is -4.46.